The van der Waals surface area contributed by atoms with Crippen LogP contribution in [0.25, 0.3) is 27.5 Å². The Morgan fingerprint density at radius 1 is 1.12 bits per heavy atom. The molecule has 2 aromatic heterocycles. The van der Waals surface area contributed by atoms with Crippen LogP contribution in [0.3, 0.4) is 0 Å². The van der Waals surface area contributed by atoms with Crippen molar-refractivity contribution in [1.82, 2.24) is 14.5 Å². The minimum atomic E-state index is -0.967. The van der Waals surface area contributed by atoms with E-state index in [0.717, 1.165) is 40.4 Å². The number of para-hydroxylation sites is 1. The lowest BCUT2D eigenvalue weighted by Crippen LogP contribution is -2.33. The van der Waals surface area contributed by atoms with Crippen molar-refractivity contribution in [2.45, 2.75) is 44.7 Å². The molecular weight excluding hydrogens is 428 g/mol. The van der Waals surface area contributed by atoms with E-state index in [0.29, 0.717) is 23.8 Å². The molecule has 0 amide bonds. The SMILES string of the molecule is CNc1cccc2c1[nH]c1c(=O)n(-c3ccc(C(=O)O)cc3CN(C)C3CCCCC3)ccc12. The monoisotopic (exact) mass is 458 g/mol. The molecule has 0 aliphatic heterocycles. The van der Waals surface area contributed by atoms with Crippen LogP contribution in [0, 0.1) is 0 Å². The van der Waals surface area contributed by atoms with Crippen molar-refractivity contribution in [1.29, 1.82) is 0 Å². The summed E-state index contributed by atoms with van der Waals surface area (Å²) in [7, 11) is 3.95. The van der Waals surface area contributed by atoms with Crippen LogP contribution < -0.4 is 10.9 Å². The molecular formula is C27H30N4O3. The predicted molar refractivity (Wildman–Crippen MR) is 136 cm³/mol. The number of rotatable bonds is 6. The lowest BCUT2D eigenvalue weighted by atomic mass is 9.94. The Labute approximate surface area is 198 Å². The Kier molecular flexibility index (Phi) is 5.87. The normalized spacial score (nSPS) is 14.8. The molecule has 0 unspecified atom stereocenters. The zero-order valence-electron chi connectivity index (χ0n) is 19.6. The first-order valence-electron chi connectivity index (χ1n) is 11.9. The van der Waals surface area contributed by atoms with Gasteiger partial charge in [0.15, 0.2) is 0 Å². The van der Waals surface area contributed by atoms with Gasteiger partial charge in [-0.25, -0.2) is 4.79 Å². The van der Waals surface area contributed by atoms with Gasteiger partial charge in [-0.2, -0.15) is 0 Å². The third kappa shape index (κ3) is 3.86. The highest BCUT2D eigenvalue weighted by atomic mass is 16.4. The Bertz CT molecular complexity index is 1430. The molecule has 2 heterocycles. The van der Waals surface area contributed by atoms with E-state index in [4.69, 9.17) is 0 Å². The molecule has 0 saturated heterocycles. The number of nitrogens with zero attached hydrogens (tertiary/aromatic N) is 2. The van der Waals surface area contributed by atoms with Crippen molar-refractivity contribution in [3.05, 3.63) is 70.1 Å². The van der Waals surface area contributed by atoms with Gasteiger partial charge in [0.05, 0.1) is 22.5 Å². The number of hydrogen-bond acceptors (Lipinski definition) is 4. The van der Waals surface area contributed by atoms with Crippen molar-refractivity contribution in [3.63, 3.8) is 0 Å². The standard InChI is InChI=1S/C27H30N4O3/c1-28-22-10-6-9-20-21-13-14-31(26(32)25(21)29-24(20)22)23-12-11-17(27(33)34)15-18(23)16-30(2)19-7-4-3-5-8-19/h6,9-15,19,28-29H,3-5,7-8,16H2,1-2H3,(H,33,34). The van der Waals surface area contributed by atoms with Crippen molar-refractivity contribution in [2.24, 2.45) is 0 Å². The van der Waals surface area contributed by atoms with Crippen LogP contribution >= 0.6 is 0 Å². The topological polar surface area (TPSA) is 90.4 Å². The molecule has 34 heavy (non-hydrogen) atoms. The van der Waals surface area contributed by atoms with E-state index in [1.807, 2.05) is 31.3 Å². The molecule has 4 aromatic rings. The number of aromatic nitrogens is 2. The summed E-state index contributed by atoms with van der Waals surface area (Å²) in [6.45, 7) is 0.586. The number of hydrogen-bond donors (Lipinski definition) is 3. The van der Waals surface area contributed by atoms with Crippen molar-refractivity contribution >= 4 is 33.5 Å². The largest absolute Gasteiger partial charge is 0.478 e. The van der Waals surface area contributed by atoms with Crippen LogP contribution in [0.2, 0.25) is 0 Å². The van der Waals surface area contributed by atoms with Crippen molar-refractivity contribution < 1.29 is 9.90 Å². The summed E-state index contributed by atoms with van der Waals surface area (Å²) < 4.78 is 1.63. The first-order valence-corrected chi connectivity index (χ1v) is 11.9. The maximum absolute atomic E-state index is 13.6. The van der Waals surface area contributed by atoms with Crippen LogP contribution in [0.4, 0.5) is 5.69 Å². The van der Waals surface area contributed by atoms with Crippen LogP contribution in [0.5, 0.6) is 0 Å². The van der Waals surface area contributed by atoms with Gasteiger partial charge in [-0.05, 0) is 55.8 Å². The zero-order chi connectivity index (χ0) is 23.8. The maximum Gasteiger partial charge on any atom is 0.335 e. The summed E-state index contributed by atoms with van der Waals surface area (Å²) in [5.74, 6) is -0.967. The smallest absolute Gasteiger partial charge is 0.335 e. The van der Waals surface area contributed by atoms with Gasteiger partial charge in [0.25, 0.3) is 5.56 Å². The number of anilines is 1. The maximum atomic E-state index is 13.6. The number of nitrogens with one attached hydrogen (secondary N) is 2. The first-order chi connectivity index (χ1) is 16.5. The third-order valence-electron chi connectivity index (χ3n) is 7.17. The summed E-state index contributed by atoms with van der Waals surface area (Å²) in [5, 5.41) is 14.6. The molecule has 7 nitrogen and oxygen atoms in total. The lowest BCUT2D eigenvalue weighted by molar-refractivity contribution is 0.0696. The predicted octanol–water partition coefficient (Wildman–Crippen LogP) is 4.98. The second-order valence-corrected chi connectivity index (χ2v) is 9.24. The van der Waals surface area contributed by atoms with E-state index in [1.54, 1.807) is 29.0 Å². The van der Waals surface area contributed by atoms with E-state index in [2.05, 4.69) is 22.2 Å². The van der Waals surface area contributed by atoms with Crippen molar-refractivity contribution in [3.8, 4) is 5.69 Å². The molecule has 1 saturated carbocycles. The van der Waals surface area contributed by atoms with Crippen LogP contribution in [-0.4, -0.2) is 45.7 Å². The average molecular weight is 459 g/mol. The van der Waals surface area contributed by atoms with Gasteiger partial charge in [-0.1, -0.05) is 31.4 Å². The second kappa shape index (κ2) is 8.99. The van der Waals surface area contributed by atoms with E-state index < -0.39 is 5.97 Å². The molecule has 176 valence electrons. The summed E-state index contributed by atoms with van der Waals surface area (Å²) in [4.78, 5) is 31.0. The number of H-pyrrole nitrogens is 1. The molecule has 1 fully saturated rings. The molecule has 1 aliphatic rings. The third-order valence-corrected chi connectivity index (χ3v) is 7.17. The highest BCUT2D eigenvalue weighted by Crippen LogP contribution is 2.30. The number of fused-ring (bicyclic) bond motifs is 3. The molecule has 7 heteroatoms. The molecule has 3 N–H and O–H groups in total. The number of carboxylic acid groups (broad SMARTS) is 1. The van der Waals surface area contributed by atoms with Gasteiger partial charge in [0.2, 0.25) is 0 Å². The number of benzene rings is 2. The Hall–Kier alpha value is -3.58. The van der Waals surface area contributed by atoms with E-state index in [9.17, 15) is 14.7 Å². The highest BCUT2D eigenvalue weighted by molar-refractivity contribution is 6.10. The number of pyridine rings is 1. The summed E-state index contributed by atoms with van der Waals surface area (Å²) in [6, 6.07) is 13.4. The fraction of sp³-hybridized carbons (Fsp3) is 0.333. The molecule has 1 aliphatic carbocycles. The van der Waals surface area contributed by atoms with Gasteiger partial charge in [-0.15, -0.1) is 0 Å². The number of carbonyl (C=O) groups is 1. The second-order valence-electron chi connectivity index (χ2n) is 9.24. The highest BCUT2D eigenvalue weighted by Gasteiger charge is 2.21. The molecule has 0 bridgehead atoms. The molecule has 0 radical (unpaired) electrons. The van der Waals surface area contributed by atoms with Crippen LogP contribution in [-0.2, 0) is 6.54 Å². The van der Waals surface area contributed by atoms with Gasteiger partial charge in [0, 0.05) is 36.6 Å². The fourth-order valence-electron chi connectivity index (χ4n) is 5.32. The van der Waals surface area contributed by atoms with Crippen LogP contribution in [0.1, 0.15) is 48.0 Å². The molecule has 2 aromatic carbocycles. The zero-order valence-corrected chi connectivity index (χ0v) is 19.6. The van der Waals surface area contributed by atoms with Gasteiger partial charge in [-0.3, -0.25) is 14.3 Å². The van der Waals surface area contributed by atoms with E-state index in [1.165, 1.54) is 19.3 Å². The van der Waals surface area contributed by atoms with Gasteiger partial charge >= 0.3 is 5.97 Å². The fourth-order valence-corrected chi connectivity index (χ4v) is 5.32. The number of aromatic carboxylic acids is 1. The lowest BCUT2D eigenvalue weighted by Gasteiger charge is -2.31. The van der Waals surface area contributed by atoms with Crippen LogP contribution in [0.15, 0.2) is 53.5 Å². The Morgan fingerprint density at radius 2 is 1.88 bits per heavy atom. The van der Waals surface area contributed by atoms with E-state index in [-0.39, 0.29) is 11.1 Å². The number of carboxylic acids is 1. The van der Waals surface area contributed by atoms with Crippen molar-refractivity contribution in [2.75, 3.05) is 19.4 Å². The van der Waals surface area contributed by atoms with E-state index >= 15 is 0 Å². The van der Waals surface area contributed by atoms with Gasteiger partial charge < -0.3 is 15.4 Å². The summed E-state index contributed by atoms with van der Waals surface area (Å²) in [6.07, 6.45) is 7.83. The quantitative estimate of drug-likeness (QED) is 0.379. The average Bonchev–Trinajstić information content (AvgIpc) is 3.25. The minimum absolute atomic E-state index is 0.152. The summed E-state index contributed by atoms with van der Waals surface area (Å²) >= 11 is 0. The Balaban J connectivity index is 1.63. The first kappa shape index (κ1) is 22.2. The molecule has 5 rings (SSSR count). The number of aromatic amines is 1. The molecule has 0 atom stereocenters. The van der Waals surface area contributed by atoms with Gasteiger partial charge in [0.1, 0.15) is 5.52 Å². The Morgan fingerprint density at radius 3 is 2.62 bits per heavy atom. The molecule has 0 spiro atoms. The summed E-state index contributed by atoms with van der Waals surface area (Å²) in [5.41, 5.74) is 3.99. The minimum Gasteiger partial charge on any atom is -0.478 e.